The van der Waals surface area contributed by atoms with Crippen LogP contribution in [-0.2, 0) is 4.79 Å². The van der Waals surface area contributed by atoms with E-state index in [2.05, 4.69) is 27.9 Å². The van der Waals surface area contributed by atoms with Crippen LogP contribution >= 0.6 is 22.6 Å². The quantitative estimate of drug-likeness (QED) is 0.594. The minimum absolute atomic E-state index is 0.0654. The molecule has 5 nitrogen and oxygen atoms in total. The number of hydrogen-bond acceptors (Lipinski definition) is 3. The van der Waals surface area contributed by atoms with Crippen LogP contribution in [0.2, 0.25) is 0 Å². The minimum Gasteiger partial charge on any atom is -0.326 e. The van der Waals surface area contributed by atoms with Crippen molar-refractivity contribution in [3.05, 3.63) is 62.7 Å². The van der Waals surface area contributed by atoms with Crippen molar-refractivity contribution in [3.8, 4) is 0 Å². The van der Waals surface area contributed by atoms with Crippen molar-refractivity contribution < 1.29 is 14.4 Å². The van der Waals surface area contributed by atoms with Crippen molar-refractivity contribution >= 4 is 46.0 Å². The summed E-state index contributed by atoms with van der Waals surface area (Å²) in [5, 5.41) is 2.77. The lowest BCUT2D eigenvalue weighted by atomic mass is 10.1. The van der Waals surface area contributed by atoms with Gasteiger partial charge in [-0.1, -0.05) is 17.7 Å². The van der Waals surface area contributed by atoms with E-state index in [1.807, 2.05) is 25.1 Å². The highest BCUT2D eigenvalue weighted by molar-refractivity contribution is 14.1. The Balaban J connectivity index is 1.64. The van der Waals surface area contributed by atoms with Gasteiger partial charge in [0.25, 0.3) is 11.8 Å². The highest BCUT2D eigenvalue weighted by Gasteiger charge is 2.35. The van der Waals surface area contributed by atoms with Gasteiger partial charge >= 0.3 is 0 Å². The van der Waals surface area contributed by atoms with Crippen LogP contribution in [0.3, 0.4) is 0 Å². The molecule has 0 unspecified atom stereocenters. The van der Waals surface area contributed by atoms with Crippen LogP contribution in [-0.4, -0.2) is 29.2 Å². The molecule has 0 aromatic heterocycles. The number of nitrogens with one attached hydrogen (secondary N) is 1. The number of benzene rings is 2. The zero-order valence-electron chi connectivity index (χ0n) is 13.0. The van der Waals surface area contributed by atoms with Crippen LogP contribution < -0.4 is 5.32 Å². The molecule has 122 valence electrons. The number of aryl methyl sites for hydroxylation is 1. The Bertz CT molecular complexity index is 848. The minimum atomic E-state index is -0.336. The lowest BCUT2D eigenvalue weighted by Crippen LogP contribution is -2.32. The molecule has 1 heterocycles. The first-order chi connectivity index (χ1) is 11.5. The number of amides is 3. The van der Waals surface area contributed by atoms with Crippen LogP contribution in [0, 0.1) is 10.5 Å². The van der Waals surface area contributed by atoms with E-state index in [0.29, 0.717) is 16.8 Å². The standard InChI is InChI=1S/C18H15IN2O3/c1-11-5-6-14-15(9-11)18(24)21(17(14)23)8-7-16(22)20-13-4-2-3-12(19)10-13/h2-6,9-10H,7-8H2,1H3,(H,20,22). The summed E-state index contributed by atoms with van der Waals surface area (Å²) in [5.74, 6) is -0.900. The number of anilines is 1. The molecule has 6 heteroatoms. The molecule has 0 atom stereocenters. The molecule has 0 saturated heterocycles. The Hall–Kier alpha value is -2.22. The third-order valence-corrected chi connectivity index (χ3v) is 4.47. The smallest absolute Gasteiger partial charge is 0.261 e. The molecule has 2 aromatic carbocycles. The molecule has 0 radical (unpaired) electrons. The summed E-state index contributed by atoms with van der Waals surface area (Å²) in [6.07, 6.45) is 0.0654. The monoisotopic (exact) mass is 434 g/mol. The summed E-state index contributed by atoms with van der Waals surface area (Å²) >= 11 is 2.16. The summed E-state index contributed by atoms with van der Waals surface area (Å²) in [6, 6.07) is 12.6. The lowest BCUT2D eigenvalue weighted by Gasteiger charge is -2.13. The number of nitrogens with zero attached hydrogens (tertiary/aromatic N) is 1. The number of fused-ring (bicyclic) bond motifs is 1. The molecule has 0 spiro atoms. The van der Waals surface area contributed by atoms with Crippen molar-refractivity contribution in [1.82, 2.24) is 4.90 Å². The molecule has 0 fully saturated rings. The molecule has 1 N–H and O–H groups in total. The van der Waals surface area contributed by atoms with E-state index >= 15 is 0 Å². The first kappa shape index (κ1) is 16.6. The highest BCUT2D eigenvalue weighted by atomic mass is 127. The molecule has 0 bridgehead atoms. The van der Waals surface area contributed by atoms with Crippen molar-refractivity contribution in [2.75, 3.05) is 11.9 Å². The van der Waals surface area contributed by atoms with Gasteiger partial charge in [-0.2, -0.15) is 0 Å². The molecule has 0 saturated carbocycles. The van der Waals surface area contributed by atoms with Gasteiger partial charge in [-0.15, -0.1) is 0 Å². The first-order valence-corrected chi connectivity index (χ1v) is 8.56. The molecule has 1 aliphatic heterocycles. The fourth-order valence-electron chi connectivity index (χ4n) is 2.61. The number of rotatable bonds is 4. The fourth-order valence-corrected chi connectivity index (χ4v) is 3.15. The molecule has 3 rings (SSSR count). The van der Waals surface area contributed by atoms with Crippen molar-refractivity contribution in [2.24, 2.45) is 0 Å². The van der Waals surface area contributed by atoms with E-state index in [9.17, 15) is 14.4 Å². The highest BCUT2D eigenvalue weighted by Crippen LogP contribution is 2.24. The average Bonchev–Trinajstić information content (AvgIpc) is 2.76. The molecule has 24 heavy (non-hydrogen) atoms. The van der Waals surface area contributed by atoms with Crippen LogP contribution in [0.4, 0.5) is 5.69 Å². The second-order valence-electron chi connectivity index (χ2n) is 5.62. The van der Waals surface area contributed by atoms with Crippen LogP contribution in [0.1, 0.15) is 32.7 Å². The molecule has 3 amide bonds. The average molecular weight is 434 g/mol. The number of carbonyl (C=O) groups excluding carboxylic acids is 3. The van der Waals surface area contributed by atoms with Crippen LogP contribution in [0.15, 0.2) is 42.5 Å². The third kappa shape index (κ3) is 3.33. The normalized spacial score (nSPS) is 13.2. The number of carbonyl (C=O) groups is 3. The van der Waals surface area contributed by atoms with Gasteiger partial charge in [0, 0.05) is 22.2 Å². The second kappa shape index (κ2) is 6.72. The third-order valence-electron chi connectivity index (χ3n) is 3.80. The maximum Gasteiger partial charge on any atom is 0.261 e. The van der Waals surface area contributed by atoms with Gasteiger partial charge in [0.15, 0.2) is 0 Å². The van der Waals surface area contributed by atoms with Gasteiger partial charge in [-0.05, 0) is 59.8 Å². The molecular weight excluding hydrogens is 419 g/mol. The SMILES string of the molecule is Cc1ccc2c(c1)C(=O)N(CCC(=O)Nc1cccc(I)c1)C2=O. The van der Waals surface area contributed by atoms with E-state index in [4.69, 9.17) is 0 Å². The number of halogens is 1. The lowest BCUT2D eigenvalue weighted by molar-refractivity contribution is -0.116. The van der Waals surface area contributed by atoms with Gasteiger partial charge in [-0.3, -0.25) is 19.3 Å². The van der Waals surface area contributed by atoms with Gasteiger partial charge in [0.05, 0.1) is 11.1 Å². The van der Waals surface area contributed by atoms with E-state index in [1.54, 1.807) is 24.3 Å². The van der Waals surface area contributed by atoms with Gasteiger partial charge in [0.1, 0.15) is 0 Å². The Morgan fingerprint density at radius 1 is 1.08 bits per heavy atom. The zero-order valence-corrected chi connectivity index (χ0v) is 15.2. The van der Waals surface area contributed by atoms with E-state index in [0.717, 1.165) is 14.0 Å². The predicted octanol–water partition coefficient (Wildman–Crippen LogP) is 3.22. The maximum absolute atomic E-state index is 12.3. The largest absolute Gasteiger partial charge is 0.326 e. The fraction of sp³-hybridized carbons (Fsp3) is 0.167. The van der Waals surface area contributed by atoms with Crippen LogP contribution in [0.25, 0.3) is 0 Å². The molecule has 2 aromatic rings. The Morgan fingerprint density at radius 3 is 2.58 bits per heavy atom. The Labute approximate surface area is 153 Å². The van der Waals surface area contributed by atoms with Gasteiger partial charge in [-0.25, -0.2) is 0 Å². The van der Waals surface area contributed by atoms with Gasteiger partial charge in [0.2, 0.25) is 5.91 Å². The number of imide groups is 1. The van der Waals surface area contributed by atoms with E-state index in [1.165, 1.54) is 0 Å². The molecule has 0 aliphatic carbocycles. The number of hydrogen-bond donors (Lipinski definition) is 1. The summed E-state index contributed by atoms with van der Waals surface area (Å²) in [6.45, 7) is 1.94. The zero-order chi connectivity index (χ0) is 17.3. The summed E-state index contributed by atoms with van der Waals surface area (Å²) < 4.78 is 1.01. The Morgan fingerprint density at radius 2 is 1.83 bits per heavy atom. The Kier molecular flexibility index (Phi) is 4.66. The summed E-state index contributed by atoms with van der Waals surface area (Å²) in [4.78, 5) is 37.8. The molecular formula is C18H15IN2O3. The van der Waals surface area contributed by atoms with Gasteiger partial charge < -0.3 is 5.32 Å². The van der Waals surface area contributed by atoms with E-state index in [-0.39, 0.29) is 30.7 Å². The van der Waals surface area contributed by atoms with E-state index < -0.39 is 0 Å². The second-order valence-corrected chi connectivity index (χ2v) is 6.87. The first-order valence-electron chi connectivity index (χ1n) is 7.48. The van der Waals surface area contributed by atoms with Crippen molar-refractivity contribution in [1.29, 1.82) is 0 Å². The topological polar surface area (TPSA) is 66.5 Å². The maximum atomic E-state index is 12.3. The molecule has 1 aliphatic rings. The van der Waals surface area contributed by atoms with Crippen molar-refractivity contribution in [2.45, 2.75) is 13.3 Å². The summed E-state index contributed by atoms with van der Waals surface area (Å²) in [5.41, 5.74) is 2.44. The predicted molar refractivity (Wildman–Crippen MR) is 99.0 cm³/mol. The van der Waals surface area contributed by atoms with Crippen molar-refractivity contribution in [3.63, 3.8) is 0 Å². The van der Waals surface area contributed by atoms with Crippen LogP contribution in [0.5, 0.6) is 0 Å². The summed E-state index contributed by atoms with van der Waals surface area (Å²) in [7, 11) is 0.